The molecule has 0 radical (unpaired) electrons. The average molecular weight is 238 g/mol. The van der Waals surface area contributed by atoms with Crippen molar-refractivity contribution in [2.75, 3.05) is 6.54 Å². The smallest absolute Gasteiger partial charge is 0.240 e. The van der Waals surface area contributed by atoms with Crippen LogP contribution >= 0.6 is 0 Å². The Morgan fingerprint density at radius 2 is 2.29 bits per heavy atom. The molecule has 2 rings (SSSR count). The molecule has 1 aromatic rings. The number of hydrogen-bond donors (Lipinski definition) is 1. The first-order valence-corrected chi connectivity index (χ1v) is 6.59. The van der Waals surface area contributed by atoms with Crippen LogP contribution in [-0.4, -0.2) is 27.6 Å². The number of aromatic nitrogens is 2. The SMILES string of the molecule is CCC1CCCCCN1Cc1noc(CN)n1. The van der Waals surface area contributed by atoms with Gasteiger partial charge < -0.3 is 10.3 Å². The van der Waals surface area contributed by atoms with Crippen molar-refractivity contribution in [1.82, 2.24) is 15.0 Å². The van der Waals surface area contributed by atoms with Gasteiger partial charge in [0.25, 0.3) is 0 Å². The van der Waals surface area contributed by atoms with Gasteiger partial charge in [0.05, 0.1) is 13.1 Å². The molecule has 1 saturated heterocycles. The first-order valence-electron chi connectivity index (χ1n) is 6.59. The van der Waals surface area contributed by atoms with Gasteiger partial charge in [0, 0.05) is 6.04 Å². The zero-order valence-electron chi connectivity index (χ0n) is 10.6. The summed E-state index contributed by atoms with van der Waals surface area (Å²) < 4.78 is 5.04. The predicted octanol–water partition coefficient (Wildman–Crippen LogP) is 1.68. The quantitative estimate of drug-likeness (QED) is 0.864. The molecule has 5 heteroatoms. The summed E-state index contributed by atoms with van der Waals surface area (Å²) in [6.45, 7) is 4.52. The van der Waals surface area contributed by atoms with Gasteiger partial charge in [-0.1, -0.05) is 24.9 Å². The molecular formula is C12H22N4O. The summed E-state index contributed by atoms with van der Waals surface area (Å²) in [7, 11) is 0. The molecule has 1 fully saturated rings. The summed E-state index contributed by atoms with van der Waals surface area (Å²) in [5.41, 5.74) is 5.46. The van der Waals surface area contributed by atoms with Gasteiger partial charge in [-0.05, 0) is 25.8 Å². The molecule has 1 aromatic heterocycles. The van der Waals surface area contributed by atoms with Crippen LogP contribution in [0.2, 0.25) is 0 Å². The minimum absolute atomic E-state index is 0.324. The van der Waals surface area contributed by atoms with Crippen molar-refractivity contribution in [2.24, 2.45) is 5.73 Å². The molecule has 5 nitrogen and oxygen atoms in total. The number of nitrogens with zero attached hydrogens (tertiary/aromatic N) is 3. The summed E-state index contributed by atoms with van der Waals surface area (Å²) in [6, 6.07) is 0.664. The molecule has 0 bridgehead atoms. The Labute approximate surface area is 102 Å². The lowest BCUT2D eigenvalue weighted by Crippen LogP contribution is -2.34. The fraction of sp³-hybridized carbons (Fsp3) is 0.833. The molecule has 2 heterocycles. The normalized spacial score (nSPS) is 22.6. The van der Waals surface area contributed by atoms with Gasteiger partial charge in [0.1, 0.15) is 0 Å². The minimum Gasteiger partial charge on any atom is -0.338 e. The van der Waals surface area contributed by atoms with E-state index in [-0.39, 0.29) is 0 Å². The Balaban J connectivity index is 1.99. The second-order valence-electron chi connectivity index (χ2n) is 4.69. The van der Waals surface area contributed by atoms with Crippen molar-refractivity contribution in [3.05, 3.63) is 11.7 Å². The third-order valence-electron chi connectivity index (χ3n) is 3.50. The number of rotatable bonds is 4. The first-order chi connectivity index (χ1) is 8.33. The van der Waals surface area contributed by atoms with Crippen LogP contribution in [0.5, 0.6) is 0 Å². The second-order valence-corrected chi connectivity index (χ2v) is 4.69. The molecule has 0 aliphatic carbocycles. The Bertz CT molecular complexity index is 339. The van der Waals surface area contributed by atoms with E-state index in [1.54, 1.807) is 0 Å². The van der Waals surface area contributed by atoms with Gasteiger partial charge in [0.2, 0.25) is 5.89 Å². The van der Waals surface area contributed by atoms with Crippen molar-refractivity contribution in [3.8, 4) is 0 Å². The first kappa shape index (κ1) is 12.5. The standard InChI is InChI=1S/C12H22N4O/c1-2-10-6-4-3-5-7-16(10)9-11-14-12(8-13)17-15-11/h10H,2-9,13H2,1H3. The molecule has 1 aliphatic heterocycles. The zero-order valence-corrected chi connectivity index (χ0v) is 10.6. The highest BCUT2D eigenvalue weighted by molar-refractivity contribution is 4.87. The van der Waals surface area contributed by atoms with Crippen LogP contribution in [0.4, 0.5) is 0 Å². The van der Waals surface area contributed by atoms with Crippen LogP contribution < -0.4 is 5.73 Å². The van der Waals surface area contributed by atoms with Crippen LogP contribution in [0.1, 0.15) is 50.7 Å². The maximum Gasteiger partial charge on any atom is 0.240 e. The number of nitrogens with two attached hydrogens (primary N) is 1. The van der Waals surface area contributed by atoms with E-state index in [1.807, 2.05) is 0 Å². The molecule has 1 unspecified atom stereocenters. The van der Waals surface area contributed by atoms with Gasteiger partial charge in [-0.15, -0.1) is 0 Å². The number of likely N-dealkylation sites (tertiary alicyclic amines) is 1. The fourth-order valence-corrected chi connectivity index (χ4v) is 2.53. The second kappa shape index (κ2) is 6.12. The monoisotopic (exact) mass is 238 g/mol. The van der Waals surface area contributed by atoms with Gasteiger partial charge >= 0.3 is 0 Å². The van der Waals surface area contributed by atoms with E-state index in [4.69, 9.17) is 10.3 Å². The van der Waals surface area contributed by atoms with Gasteiger partial charge in [-0.25, -0.2) is 0 Å². The molecule has 17 heavy (non-hydrogen) atoms. The van der Waals surface area contributed by atoms with Crippen LogP contribution in [0.3, 0.4) is 0 Å². The molecule has 0 aromatic carbocycles. The summed E-state index contributed by atoms with van der Waals surface area (Å²) in [4.78, 5) is 6.76. The topological polar surface area (TPSA) is 68.2 Å². The van der Waals surface area contributed by atoms with E-state index >= 15 is 0 Å². The van der Waals surface area contributed by atoms with E-state index in [0.717, 1.165) is 18.9 Å². The van der Waals surface area contributed by atoms with E-state index in [1.165, 1.54) is 32.1 Å². The molecule has 2 N–H and O–H groups in total. The van der Waals surface area contributed by atoms with Crippen LogP contribution in [-0.2, 0) is 13.1 Å². The Morgan fingerprint density at radius 1 is 1.41 bits per heavy atom. The lowest BCUT2D eigenvalue weighted by Gasteiger charge is -2.27. The van der Waals surface area contributed by atoms with Gasteiger partial charge in [-0.2, -0.15) is 4.98 Å². The molecule has 1 atom stereocenters. The summed E-state index contributed by atoms with van der Waals surface area (Å²) in [6.07, 6.45) is 6.44. The van der Waals surface area contributed by atoms with Crippen molar-refractivity contribution < 1.29 is 4.52 Å². The Kier molecular flexibility index (Phi) is 4.50. The highest BCUT2D eigenvalue weighted by Gasteiger charge is 2.21. The third kappa shape index (κ3) is 3.26. The Morgan fingerprint density at radius 3 is 3.00 bits per heavy atom. The maximum absolute atomic E-state index is 5.46. The van der Waals surface area contributed by atoms with Crippen molar-refractivity contribution in [1.29, 1.82) is 0 Å². The average Bonchev–Trinajstić information content (AvgIpc) is 2.68. The van der Waals surface area contributed by atoms with Crippen molar-refractivity contribution in [3.63, 3.8) is 0 Å². The molecule has 0 saturated carbocycles. The molecule has 0 amide bonds. The fourth-order valence-electron chi connectivity index (χ4n) is 2.53. The van der Waals surface area contributed by atoms with Crippen molar-refractivity contribution in [2.45, 2.75) is 58.2 Å². The predicted molar refractivity (Wildman–Crippen MR) is 65.1 cm³/mol. The maximum atomic E-state index is 5.46. The lowest BCUT2D eigenvalue weighted by atomic mass is 10.1. The van der Waals surface area contributed by atoms with E-state index < -0.39 is 0 Å². The Hall–Kier alpha value is -0.940. The molecule has 1 aliphatic rings. The highest BCUT2D eigenvalue weighted by Crippen LogP contribution is 2.20. The van der Waals surface area contributed by atoms with Gasteiger partial charge in [0.15, 0.2) is 5.82 Å². The van der Waals surface area contributed by atoms with Crippen LogP contribution in [0.25, 0.3) is 0 Å². The molecule has 0 spiro atoms. The largest absolute Gasteiger partial charge is 0.338 e. The number of hydrogen-bond acceptors (Lipinski definition) is 5. The third-order valence-corrected chi connectivity index (χ3v) is 3.50. The van der Waals surface area contributed by atoms with Crippen molar-refractivity contribution >= 4 is 0 Å². The van der Waals surface area contributed by atoms with E-state index in [2.05, 4.69) is 22.0 Å². The highest BCUT2D eigenvalue weighted by atomic mass is 16.5. The van der Waals surface area contributed by atoms with Crippen LogP contribution in [0.15, 0.2) is 4.52 Å². The van der Waals surface area contributed by atoms with Gasteiger partial charge in [-0.3, -0.25) is 4.90 Å². The summed E-state index contributed by atoms with van der Waals surface area (Å²) >= 11 is 0. The van der Waals surface area contributed by atoms with Crippen LogP contribution in [0, 0.1) is 0 Å². The van der Waals surface area contributed by atoms with E-state index in [0.29, 0.717) is 18.5 Å². The van der Waals surface area contributed by atoms with E-state index in [9.17, 15) is 0 Å². The summed E-state index contributed by atoms with van der Waals surface area (Å²) in [5.74, 6) is 1.30. The summed E-state index contributed by atoms with van der Waals surface area (Å²) in [5, 5.41) is 3.97. The zero-order chi connectivity index (χ0) is 12.1. The molecule has 96 valence electrons. The lowest BCUT2D eigenvalue weighted by molar-refractivity contribution is 0.179. The minimum atomic E-state index is 0.324. The molecular weight excluding hydrogens is 216 g/mol.